The maximum Gasteiger partial charge on any atom is 0.205 e. The summed E-state index contributed by atoms with van der Waals surface area (Å²) in [5, 5.41) is 5.30. The molecule has 0 radical (unpaired) electrons. The van der Waals surface area contributed by atoms with Crippen LogP contribution in [0.25, 0.3) is 0 Å². The number of nitrogens with zero attached hydrogens (tertiary/aromatic N) is 5. The first kappa shape index (κ1) is 10.2. The van der Waals surface area contributed by atoms with Gasteiger partial charge >= 0.3 is 0 Å². The first-order valence-corrected chi connectivity index (χ1v) is 6.54. The molecular formula is C9H10BrN5S. The number of aromatic nitrogens is 4. The Morgan fingerprint density at radius 2 is 2.31 bits per heavy atom. The largest absolute Gasteiger partial charge is 0.342 e. The van der Waals surface area contributed by atoms with E-state index >= 15 is 0 Å². The van der Waals surface area contributed by atoms with Gasteiger partial charge < -0.3 is 4.90 Å². The molecular weight excluding hydrogens is 290 g/mol. The predicted octanol–water partition coefficient (Wildman–Crippen LogP) is 1.87. The molecule has 0 saturated carbocycles. The van der Waals surface area contributed by atoms with E-state index in [1.165, 1.54) is 11.5 Å². The van der Waals surface area contributed by atoms with E-state index in [1.807, 2.05) is 24.0 Å². The molecule has 84 valence electrons. The van der Waals surface area contributed by atoms with Gasteiger partial charge in [-0.2, -0.15) is 9.47 Å². The molecule has 0 N–H and O–H groups in total. The van der Waals surface area contributed by atoms with Gasteiger partial charge in [0.05, 0.1) is 16.7 Å². The minimum absolute atomic E-state index is 0.454. The van der Waals surface area contributed by atoms with Crippen LogP contribution in [-0.2, 0) is 0 Å². The van der Waals surface area contributed by atoms with Crippen molar-refractivity contribution in [3.63, 3.8) is 0 Å². The quantitative estimate of drug-likeness (QED) is 0.849. The maximum atomic E-state index is 4.36. The van der Waals surface area contributed by atoms with Gasteiger partial charge in [0.15, 0.2) is 0 Å². The van der Waals surface area contributed by atoms with Crippen molar-refractivity contribution in [1.82, 2.24) is 19.1 Å². The lowest BCUT2D eigenvalue weighted by atomic mass is 10.1. The predicted molar refractivity (Wildman–Crippen MR) is 65.8 cm³/mol. The summed E-state index contributed by atoms with van der Waals surface area (Å²) < 4.78 is 7.20. The summed E-state index contributed by atoms with van der Waals surface area (Å²) in [6.45, 7) is 3.84. The molecule has 16 heavy (non-hydrogen) atoms. The van der Waals surface area contributed by atoms with Gasteiger partial charge in [0.2, 0.25) is 5.13 Å². The van der Waals surface area contributed by atoms with E-state index in [9.17, 15) is 0 Å². The average molecular weight is 300 g/mol. The second-order valence-electron chi connectivity index (χ2n) is 3.82. The molecule has 2 aromatic heterocycles. The molecule has 3 rings (SSSR count). The third-order valence-corrected chi connectivity index (χ3v) is 3.87. The van der Waals surface area contributed by atoms with Crippen molar-refractivity contribution in [1.29, 1.82) is 0 Å². The molecule has 7 heteroatoms. The molecule has 1 aliphatic heterocycles. The van der Waals surface area contributed by atoms with Gasteiger partial charge in [-0.05, 0) is 22.9 Å². The van der Waals surface area contributed by atoms with E-state index in [2.05, 4.69) is 35.3 Å². The number of hydrogen-bond acceptors (Lipinski definition) is 5. The fourth-order valence-electron chi connectivity index (χ4n) is 1.71. The minimum atomic E-state index is 0.454. The molecule has 0 aromatic carbocycles. The van der Waals surface area contributed by atoms with Crippen molar-refractivity contribution in [2.45, 2.75) is 13.0 Å². The van der Waals surface area contributed by atoms with E-state index in [0.717, 1.165) is 28.5 Å². The average Bonchev–Trinajstić information content (AvgIpc) is 2.74. The van der Waals surface area contributed by atoms with Crippen molar-refractivity contribution in [2.24, 2.45) is 0 Å². The van der Waals surface area contributed by atoms with Gasteiger partial charge in [0.1, 0.15) is 5.82 Å². The van der Waals surface area contributed by atoms with E-state index in [1.54, 1.807) is 0 Å². The summed E-state index contributed by atoms with van der Waals surface area (Å²) in [6, 6.07) is 0.454. The molecule has 2 aromatic rings. The van der Waals surface area contributed by atoms with Crippen LogP contribution in [0.1, 0.15) is 11.9 Å². The van der Waals surface area contributed by atoms with Crippen molar-refractivity contribution >= 4 is 32.6 Å². The van der Waals surface area contributed by atoms with E-state index in [-0.39, 0.29) is 0 Å². The smallest absolute Gasteiger partial charge is 0.205 e. The fraction of sp³-hybridized carbons (Fsp3) is 0.444. The van der Waals surface area contributed by atoms with Crippen molar-refractivity contribution in [3.05, 3.63) is 22.7 Å². The van der Waals surface area contributed by atoms with Crippen LogP contribution in [0.5, 0.6) is 0 Å². The van der Waals surface area contributed by atoms with E-state index in [0.29, 0.717) is 6.04 Å². The molecule has 0 unspecified atom stereocenters. The zero-order valence-electron chi connectivity index (χ0n) is 8.67. The van der Waals surface area contributed by atoms with Gasteiger partial charge in [0, 0.05) is 30.8 Å². The number of rotatable bonds is 2. The van der Waals surface area contributed by atoms with Crippen molar-refractivity contribution < 1.29 is 0 Å². The highest BCUT2D eigenvalue weighted by Crippen LogP contribution is 2.28. The minimum Gasteiger partial charge on any atom is -0.342 e. The summed E-state index contributed by atoms with van der Waals surface area (Å²) in [4.78, 5) is 6.59. The Labute approximate surface area is 105 Å². The standard InChI is InChI=1S/C9H10BrN5S/c1-6-12-9(16-13-6)14-4-8(5-14)15-3-7(10)2-11-15/h2-3,8H,4-5H2,1H3. The van der Waals surface area contributed by atoms with Crippen LogP contribution in [0, 0.1) is 6.92 Å². The van der Waals surface area contributed by atoms with Crippen LogP contribution in [0.2, 0.25) is 0 Å². The summed E-state index contributed by atoms with van der Waals surface area (Å²) in [5.41, 5.74) is 0. The second kappa shape index (κ2) is 3.81. The molecule has 1 saturated heterocycles. The zero-order chi connectivity index (χ0) is 11.1. The lowest BCUT2D eigenvalue weighted by Crippen LogP contribution is -2.48. The Kier molecular flexibility index (Phi) is 2.44. The first-order chi connectivity index (χ1) is 7.72. The van der Waals surface area contributed by atoms with Crippen LogP contribution in [0.4, 0.5) is 5.13 Å². The second-order valence-corrected chi connectivity index (χ2v) is 5.47. The summed E-state index contributed by atoms with van der Waals surface area (Å²) in [5.74, 6) is 0.852. The molecule has 0 spiro atoms. The molecule has 0 amide bonds. The topological polar surface area (TPSA) is 46.8 Å². The summed E-state index contributed by atoms with van der Waals surface area (Å²) in [7, 11) is 0. The van der Waals surface area contributed by atoms with Crippen LogP contribution < -0.4 is 4.90 Å². The number of anilines is 1. The molecule has 1 fully saturated rings. The lowest BCUT2D eigenvalue weighted by Gasteiger charge is -2.38. The number of hydrogen-bond donors (Lipinski definition) is 0. The lowest BCUT2D eigenvalue weighted by molar-refractivity contribution is 0.367. The van der Waals surface area contributed by atoms with E-state index < -0.39 is 0 Å². The number of halogens is 1. The van der Waals surface area contributed by atoms with Crippen molar-refractivity contribution in [3.8, 4) is 0 Å². The normalized spacial score (nSPS) is 16.5. The van der Waals surface area contributed by atoms with Crippen molar-refractivity contribution in [2.75, 3.05) is 18.0 Å². The monoisotopic (exact) mass is 299 g/mol. The molecule has 0 atom stereocenters. The summed E-state index contributed by atoms with van der Waals surface area (Å²) >= 11 is 4.86. The maximum absolute atomic E-state index is 4.36. The van der Waals surface area contributed by atoms with Gasteiger partial charge in [-0.1, -0.05) is 0 Å². The Morgan fingerprint density at radius 3 is 2.88 bits per heavy atom. The van der Waals surface area contributed by atoms with E-state index in [4.69, 9.17) is 0 Å². The third-order valence-electron chi connectivity index (χ3n) is 2.59. The Morgan fingerprint density at radius 1 is 1.50 bits per heavy atom. The van der Waals surface area contributed by atoms with Crippen LogP contribution in [-0.4, -0.2) is 32.2 Å². The zero-order valence-corrected chi connectivity index (χ0v) is 11.1. The third kappa shape index (κ3) is 1.73. The Balaban J connectivity index is 1.66. The Bertz CT molecular complexity index is 457. The molecule has 1 aliphatic rings. The van der Waals surface area contributed by atoms with Crippen LogP contribution in [0.3, 0.4) is 0 Å². The highest BCUT2D eigenvalue weighted by molar-refractivity contribution is 9.10. The molecule has 3 heterocycles. The molecule has 0 bridgehead atoms. The highest BCUT2D eigenvalue weighted by atomic mass is 79.9. The SMILES string of the molecule is Cc1nsc(N2CC(n3cc(Br)cn3)C2)n1. The first-order valence-electron chi connectivity index (χ1n) is 4.97. The van der Waals surface area contributed by atoms with Crippen LogP contribution >= 0.6 is 27.5 Å². The summed E-state index contributed by atoms with van der Waals surface area (Å²) in [6.07, 6.45) is 3.82. The van der Waals surface area contributed by atoms with Crippen LogP contribution in [0.15, 0.2) is 16.9 Å². The molecule has 5 nitrogen and oxygen atoms in total. The van der Waals surface area contributed by atoms with Gasteiger partial charge in [0.25, 0.3) is 0 Å². The highest BCUT2D eigenvalue weighted by Gasteiger charge is 2.30. The molecule has 0 aliphatic carbocycles. The fourth-order valence-corrected chi connectivity index (χ4v) is 2.70. The number of aryl methyl sites for hydroxylation is 1. The van der Waals surface area contributed by atoms with Gasteiger partial charge in [-0.3, -0.25) is 4.68 Å². The Hall–Kier alpha value is -0.950. The van der Waals surface area contributed by atoms with Gasteiger partial charge in [-0.15, -0.1) is 0 Å². The van der Waals surface area contributed by atoms with Gasteiger partial charge in [-0.25, -0.2) is 4.98 Å².